The predicted octanol–water partition coefficient (Wildman–Crippen LogP) is 1.60. The molecule has 2 aliphatic rings. The third-order valence-corrected chi connectivity index (χ3v) is 5.19. The number of hydrogen-bond donors (Lipinski definition) is 2. The maximum absolute atomic E-state index is 10.7. The van der Waals surface area contributed by atoms with Crippen LogP contribution in [-0.2, 0) is 0 Å². The fraction of sp³-hybridized carbons (Fsp3) is 0.588. The molecule has 114 valence electrons. The summed E-state index contributed by atoms with van der Waals surface area (Å²) in [5, 5.41) is 14.0. The summed E-state index contributed by atoms with van der Waals surface area (Å²) in [5.41, 5.74) is 1.37. The Labute approximate surface area is 126 Å². The molecule has 0 aliphatic carbocycles. The first-order valence-corrected chi connectivity index (χ1v) is 7.85. The van der Waals surface area contributed by atoms with Crippen LogP contribution in [0.15, 0.2) is 24.3 Å². The molecule has 0 saturated carbocycles. The van der Waals surface area contributed by atoms with Gasteiger partial charge in [0.15, 0.2) is 0 Å². The van der Waals surface area contributed by atoms with E-state index in [0.717, 1.165) is 32.3 Å². The van der Waals surface area contributed by atoms with Gasteiger partial charge in [0.05, 0.1) is 0 Å². The van der Waals surface area contributed by atoms with E-state index >= 15 is 0 Å². The summed E-state index contributed by atoms with van der Waals surface area (Å²) >= 11 is 0. The van der Waals surface area contributed by atoms with Crippen molar-refractivity contribution in [3.63, 3.8) is 0 Å². The number of aldehydes is 1. The highest BCUT2D eigenvalue weighted by Crippen LogP contribution is 2.52. The van der Waals surface area contributed by atoms with Gasteiger partial charge in [-0.15, -0.1) is 0 Å². The van der Waals surface area contributed by atoms with E-state index in [-0.39, 0.29) is 0 Å². The number of hydrogen-bond acceptors (Lipinski definition) is 4. The Morgan fingerprint density at radius 3 is 2.81 bits per heavy atom. The summed E-state index contributed by atoms with van der Waals surface area (Å²) in [4.78, 5) is 13.0. The molecule has 2 aliphatic heterocycles. The van der Waals surface area contributed by atoms with Crippen molar-refractivity contribution >= 4 is 6.29 Å². The van der Waals surface area contributed by atoms with Gasteiger partial charge in [0.25, 0.3) is 0 Å². The third kappa shape index (κ3) is 2.52. The number of aliphatic hydroxyl groups is 1. The predicted molar refractivity (Wildman–Crippen MR) is 82.3 cm³/mol. The highest BCUT2D eigenvalue weighted by Gasteiger charge is 2.65. The second-order valence-electron chi connectivity index (χ2n) is 6.39. The Morgan fingerprint density at radius 2 is 2.19 bits per heavy atom. The maximum atomic E-state index is 10.7. The Bertz CT molecular complexity index is 516. The molecular formula is C17H24N2O2. The molecule has 0 amide bonds. The summed E-state index contributed by atoms with van der Waals surface area (Å²) in [7, 11) is 0. The Balaban J connectivity index is 1.71. The van der Waals surface area contributed by atoms with Crippen LogP contribution < -0.4 is 5.32 Å². The molecule has 0 spiro atoms. The summed E-state index contributed by atoms with van der Waals surface area (Å²) in [6.45, 7) is 6.94. The van der Waals surface area contributed by atoms with Gasteiger partial charge in [0.1, 0.15) is 12.0 Å². The molecule has 2 heterocycles. The van der Waals surface area contributed by atoms with Crippen molar-refractivity contribution in [3.05, 3.63) is 35.4 Å². The molecule has 0 radical (unpaired) electrons. The smallest absolute Gasteiger partial charge is 0.150 e. The molecule has 1 aromatic rings. The van der Waals surface area contributed by atoms with Crippen molar-refractivity contribution in [1.29, 1.82) is 0 Å². The van der Waals surface area contributed by atoms with E-state index in [0.29, 0.717) is 23.4 Å². The largest absolute Gasteiger partial charge is 0.374 e. The fourth-order valence-corrected chi connectivity index (χ4v) is 3.73. The highest BCUT2D eigenvalue weighted by molar-refractivity contribution is 5.74. The molecular weight excluding hydrogens is 264 g/mol. The van der Waals surface area contributed by atoms with Crippen molar-refractivity contribution in [2.45, 2.75) is 38.0 Å². The number of carbonyl (C=O) groups excluding carboxylic acids is 1. The van der Waals surface area contributed by atoms with Gasteiger partial charge in [-0.2, -0.15) is 0 Å². The molecule has 4 heteroatoms. The summed E-state index contributed by atoms with van der Waals surface area (Å²) < 4.78 is 0. The number of fused-ring (bicyclic) bond motifs is 1. The fourth-order valence-electron chi connectivity index (χ4n) is 3.73. The van der Waals surface area contributed by atoms with Crippen LogP contribution in [0.5, 0.6) is 0 Å². The van der Waals surface area contributed by atoms with E-state index in [2.05, 4.69) is 24.1 Å². The van der Waals surface area contributed by atoms with E-state index in [4.69, 9.17) is 0 Å². The van der Waals surface area contributed by atoms with Crippen LogP contribution in [0.25, 0.3) is 0 Å². The Hall–Kier alpha value is -1.23. The first-order valence-electron chi connectivity index (χ1n) is 7.85. The van der Waals surface area contributed by atoms with Crippen LogP contribution in [0.2, 0.25) is 0 Å². The summed E-state index contributed by atoms with van der Waals surface area (Å²) in [5.74, 6) is 0.686. The second kappa shape index (κ2) is 5.52. The monoisotopic (exact) mass is 288 g/mol. The molecule has 2 N–H and O–H groups in total. The molecule has 5 atom stereocenters. The normalized spacial score (nSPS) is 35.3. The highest BCUT2D eigenvalue weighted by atomic mass is 16.3. The van der Waals surface area contributed by atoms with Crippen molar-refractivity contribution in [1.82, 2.24) is 10.2 Å². The topological polar surface area (TPSA) is 52.3 Å². The molecule has 1 unspecified atom stereocenters. The molecule has 3 rings (SSSR count). The van der Waals surface area contributed by atoms with Gasteiger partial charge in [-0.25, -0.2) is 0 Å². The van der Waals surface area contributed by atoms with Crippen LogP contribution in [0.4, 0.5) is 0 Å². The van der Waals surface area contributed by atoms with Gasteiger partial charge < -0.3 is 10.4 Å². The molecule has 2 fully saturated rings. The van der Waals surface area contributed by atoms with Gasteiger partial charge >= 0.3 is 0 Å². The van der Waals surface area contributed by atoms with Gasteiger partial charge in [-0.3, -0.25) is 9.69 Å². The van der Waals surface area contributed by atoms with E-state index < -0.39 is 5.72 Å². The minimum absolute atomic E-state index is 0.319. The van der Waals surface area contributed by atoms with Gasteiger partial charge in [-0.05, 0) is 24.4 Å². The average molecular weight is 288 g/mol. The molecule has 2 saturated heterocycles. The molecule has 0 aromatic heterocycles. The average Bonchev–Trinajstić information content (AvgIpc) is 3.12. The first kappa shape index (κ1) is 14.7. The summed E-state index contributed by atoms with van der Waals surface area (Å²) in [6.07, 6.45) is 1.90. The molecule has 0 bridgehead atoms. The van der Waals surface area contributed by atoms with Crippen LogP contribution in [0, 0.1) is 5.92 Å². The Morgan fingerprint density at radius 1 is 1.48 bits per heavy atom. The van der Waals surface area contributed by atoms with Gasteiger partial charge in [0.2, 0.25) is 0 Å². The van der Waals surface area contributed by atoms with Gasteiger partial charge in [0, 0.05) is 30.6 Å². The SMILES string of the molecule is CCNC[C@H]1C[C@H]([C@H](C)c2ccc(C=O)cc2)N2C[C@]12O. The lowest BCUT2D eigenvalue weighted by molar-refractivity contribution is 0.0620. The quantitative estimate of drug-likeness (QED) is 0.617. The molecule has 4 nitrogen and oxygen atoms in total. The number of benzene rings is 1. The number of carbonyl (C=O) groups is 1. The number of rotatable bonds is 6. The van der Waals surface area contributed by atoms with E-state index in [1.54, 1.807) is 0 Å². The standard InChI is InChI=1S/C17H24N2O2/c1-3-18-9-15-8-16(19-11-17(15,19)21)12(2)14-6-4-13(10-20)5-7-14/h4-7,10,12,15-16,18,21H,3,8-9,11H2,1-2H3/t12-,15-,16-,17+,19?/m1/s1. The number of piperidine rings is 1. The van der Waals surface area contributed by atoms with E-state index in [9.17, 15) is 9.90 Å². The second-order valence-corrected chi connectivity index (χ2v) is 6.39. The lowest BCUT2D eigenvalue weighted by Crippen LogP contribution is -2.32. The number of nitrogens with zero attached hydrogens (tertiary/aromatic N) is 1. The Kier molecular flexibility index (Phi) is 3.86. The van der Waals surface area contributed by atoms with Gasteiger partial charge in [-0.1, -0.05) is 38.1 Å². The zero-order valence-electron chi connectivity index (χ0n) is 12.7. The zero-order chi connectivity index (χ0) is 15.0. The van der Waals surface area contributed by atoms with Crippen LogP contribution in [-0.4, -0.2) is 47.7 Å². The van der Waals surface area contributed by atoms with Crippen molar-refractivity contribution in [2.75, 3.05) is 19.6 Å². The van der Waals surface area contributed by atoms with Crippen molar-refractivity contribution in [2.24, 2.45) is 5.92 Å². The molecule has 21 heavy (non-hydrogen) atoms. The van der Waals surface area contributed by atoms with E-state index in [1.807, 2.05) is 24.3 Å². The lowest BCUT2D eigenvalue weighted by atomic mass is 9.87. The first-order chi connectivity index (χ1) is 10.1. The number of nitrogens with one attached hydrogen (secondary N) is 1. The maximum Gasteiger partial charge on any atom is 0.150 e. The summed E-state index contributed by atoms with van der Waals surface area (Å²) in [6, 6.07) is 8.21. The van der Waals surface area contributed by atoms with Crippen molar-refractivity contribution in [3.8, 4) is 0 Å². The van der Waals surface area contributed by atoms with E-state index in [1.165, 1.54) is 5.56 Å². The minimum Gasteiger partial charge on any atom is -0.374 e. The minimum atomic E-state index is -0.580. The van der Waals surface area contributed by atoms with Crippen LogP contribution in [0.1, 0.15) is 42.1 Å². The van der Waals surface area contributed by atoms with Crippen molar-refractivity contribution < 1.29 is 9.90 Å². The zero-order valence-corrected chi connectivity index (χ0v) is 12.7. The van der Waals surface area contributed by atoms with Crippen LogP contribution >= 0.6 is 0 Å². The molecule has 1 aromatic carbocycles. The third-order valence-electron chi connectivity index (χ3n) is 5.19. The lowest BCUT2D eigenvalue weighted by Gasteiger charge is -2.23. The van der Waals surface area contributed by atoms with Crippen LogP contribution in [0.3, 0.4) is 0 Å².